The van der Waals surface area contributed by atoms with E-state index in [-0.39, 0.29) is 0 Å². The van der Waals surface area contributed by atoms with Crippen molar-refractivity contribution in [1.29, 1.82) is 0 Å². The first kappa shape index (κ1) is 8.66. The van der Waals surface area contributed by atoms with Crippen LogP contribution in [0.2, 0.25) is 10.2 Å². The molecule has 0 saturated carbocycles. The molecule has 0 aliphatic rings. The average Bonchev–Trinajstić information content (AvgIpc) is 2.07. The molecular weight excluding hydrogens is 209 g/mol. The lowest BCUT2D eigenvalue weighted by atomic mass is 10.3. The van der Waals surface area contributed by atoms with Crippen LogP contribution >= 0.6 is 23.2 Å². The quantitative estimate of drug-likeness (QED) is 0.632. The Bertz CT molecular complexity index is 470. The summed E-state index contributed by atoms with van der Waals surface area (Å²) in [4.78, 5) is 12.1. The van der Waals surface area contributed by atoms with E-state index in [2.05, 4.69) is 15.0 Å². The van der Waals surface area contributed by atoms with Crippen molar-refractivity contribution in [2.45, 2.75) is 6.92 Å². The number of aromatic nitrogens is 3. The molecular formula is C8H5Cl2N3. The summed E-state index contributed by atoms with van der Waals surface area (Å²) in [6.45, 7) is 1.77. The summed E-state index contributed by atoms with van der Waals surface area (Å²) in [5, 5.41) is 1.56. The lowest BCUT2D eigenvalue weighted by Crippen LogP contribution is -1.91. The van der Waals surface area contributed by atoms with Crippen LogP contribution in [0.3, 0.4) is 0 Å². The molecule has 0 saturated heterocycles. The summed E-state index contributed by atoms with van der Waals surface area (Å²) in [7, 11) is 0. The fourth-order valence-electron chi connectivity index (χ4n) is 1.08. The maximum absolute atomic E-state index is 5.89. The lowest BCUT2D eigenvalue weighted by molar-refractivity contribution is 1.09. The highest BCUT2D eigenvalue weighted by atomic mass is 35.5. The maximum atomic E-state index is 5.89. The third-order valence-electron chi connectivity index (χ3n) is 1.63. The Morgan fingerprint density at radius 3 is 2.69 bits per heavy atom. The first-order chi connectivity index (χ1) is 6.18. The number of halogens is 2. The Morgan fingerprint density at radius 2 is 1.92 bits per heavy atom. The third-order valence-corrected chi connectivity index (χ3v) is 2.19. The molecule has 3 nitrogen and oxygen atoms in total. The van der Waals surface area contributed by atoms with Crippen molar-refractivity contribution in [3.63, 3.8) is 0 Å². The zero-order valence-corrected chi connectivity index (χ0v) is 8.26. The first-order valence-corrected chi connectivity index (χ1v) is 4.37. The molecule has 2 heterocycles. The summed E-state index contributed by atoms with van der Waals surface area (Å²) in [6.07, 6.45) is 3.13. The molecule has 0 aliphatic heterocycles. The molecule has 2 aromatic heterocycles. The Labute approximate surface area is 84.7 Å². The van der Waals surface area contributed by atoms with Gasteiger partial charge in [-0.05, 0) is 6.92 Å². The molecule has 0 amide bonds. The van der Waals surface area contributed by atoms with E-state index in [1.54, 1.807) is 13.1 Å². The van der Waals surface area contributed by atoms with Gasteiger partial charge >= 0.3 is 0 Å². The first-order valence-electron chi connectivity index (χ1n) is 3.62. The van der Waals surface area contributed by atoms with E-state index >= 15 is 0 Å². The predicted octanol–water partition coefficient (Wildman–Crippen LogP) is 2.64. The largest absolute Gasteiger partial charge is 0.262 e. The number of hydrogen-bond donors (Lipinski definition) is 0. The van der Waals surface area contributed by atoms with Crippen molar-refractivity contribution < 1.29 is 0 Å². The molecule has 0 bridgehead atoms. The maximum Gasteiger partial charge on any atom is 0.142 e. The zero-order valence-electron chi connectivity index (χ0n) is 6.75. The van der Waals surface area contributed by atoms with E-state index in [1.165, 1.54) is 6.20 Å². The van der Waals surface area contributed by atoms with Gasteiger partial charge < -0.3 is 0 Å². The Balaban J connectivity index is 2.94. The highest BCUT2D eigenvalue weighted by Crippen LogP contribution is 2.24. The van der Waals surface area contributed by atoms with Gasteiger partial charge in [0.15, 0.2) is 0 Å². The van der Waals surface area contributed by atoms with Gasteiger partial charge in [0, 0.05) is 12.4 Å². The molecule has 13 heavy (non-hydrogen) atoms. The minimum Gasteiger partial charge on any atom is -0.262 e. The van der Waals surface area contributed by atoms with Crippen LogP contribution in [0, 0.1) is 6.92 Å². The number of pyridine rings is 1. The van der Waals surface area contributed by atoms with Crippen molar-refractivity contribution in [3.05, 3.63) is 28.4 Å². The molecule has 2 rings (SSSR count). The van der Waals surface area contributed by atoms with Crippen LogP contribution in [0.15, 0.2) is 12.4 Å². The van der Waals surface area contributed by atoms with Crippen molar-refractivity contribution >= 4 is 34.1 Å². The van der Waals surface area contributed by atoms with Crippen molar-refractivity contribution in [2.75, 3.05) is 0 Å². The van der Waals surface area contributed by atoms with E-state index in [0.717, 1.165) is 0 Å². The number of hydrogen-bond acceptors (Lipinski definition) is 3. The van der Waals surface area contributed by atoms with Gasteiger partial charge in [-0.3, -0.25) is 4.98 Å². The average molecular weight is 214 g/mol. The second-order valence-corrected chi connectivity index (χ2v) is 3.34. The number of nitrogens with zero attached hydrogens (tertiary/aromatic N) is 3. The van der Waals surface area contributed by atoms with E-state index < -0.39 is 0 Å². The highest BCUT2D eigenvalue weighted by molar-refractivity contribution is 6.38. The second kappa shape index (κ2) is 3.09. The highest BCUT2D eigenvalue weighted by Gasteiger charge is 2.06. The van der Waals surface area contributed by atoms with E-state index in [1.807, 2.05) is 0 Å². The Kier molecular flexibility index (Phi) is 2.06. The molecule has 2 aromatic rings. The van der Waals surface area contributed by atoms with Crippen LogP contribution in [-0.4, -0.2) is 15.0 Å². The fraction of sp³-hybridized carbons (Fsp3) is 0.125. The Hall–Kier alpha value is -0.930. The monoisotopic (exact) mass is 213 g/mol. The SMILES string of the molecule is Cc1nc(Cl)c2cncc(Cl)c2n1. The van der Waals surface area contributed by atoms with E-state index in [0.29, 0.717) is 26.9 Å². The molecule has 0 spiro atoms. The molecule has 0 aliphatic carbocycles. The van der Waals surface area contributed by atoms with Crippen LogP contribution in [-0.2, 0) is 0 Å². The number of aryl methyl sites for hydroxylation is 1. The summed E-state index contributed by atoms with van der Waals surface area (Å²) in [6, 6.07) is 0. The van der Waals surface area contributed by atoms with Crippen molar-refractivity contribution in [2.24, 2.45) is 0 Å². The molecule has 0 fully saturated rings. The standard InChI is InChI=1S/C8H5Cl2N3/c1-4-12-7-5(8(10)13-4)2-11-3-6(7)9/h2-3H,1H3. The van der Waals surface area contributed by atoms with Crippen LogP contribution < -0.4 is 0 Å². The smallest absolute Gasteiger partial charge is 0.142 e. The summed E-state index contributed by atoms with van der Waals surface area (Å²) in [5.74, 6) is 0.602. The van der Waals surface area contributed by atoms with Gasteiger partial charge in [0.2, 0.25) is 0 Å². The molecule has 0 atom stereocenters. The number of rotatable bonds is 0. The van der Waals surface area contributed by atoms with Gasteiger partial charge in [-0.1, -0.05) is 23.2 Å². The summed E-state index contributed by atoms with van der Waals surface area (Å²) in [5.41, 5.74) is 0.647. The van der Waals surface area contributed by atoms with Gasteiger partial charge in [-0.2, -0.15) is 0 Å². The summed E-state index contributed by atoms with van der Waals surface area (Å²) < 4.78 is 0. The molecule has 0 aromatic carbocycles. The van der Waals surface area contributed by atoms with Gasteiger partial charge in [0.1, 0.15) is 11.0 Å². The van der Waals surface area contributed by atoms with Gasteiger partial charge in [-0.25, -0.2) is 9.97 Å². The minimum absolute atomic E-state index is 0.387. The van der Waals surface area contributed by atoms with Gasteiger partial charge in [0.25, 0.3) is 0 Å². The normalized spacial score (nSPS) is 10.7. The van der Waals surface area contributed by atoms with Crippen molar-refractivity contribution in [3.8, 4) is 0 Å². The minimum atomic E-state index is 0.387. The van der Waals surface area contributed by atoms with Crippen LogP contribution in [0.1, 0.15) is 5.82 Å². The molecule has 0 radical (unpaired) electrons. The van der Waals surface area contributed by atoms with E-state index in [4.69, 9.17) is 23.2 Å². The summed E-state index contributed by atoms with van der Waals surface area (Å²) >= 11 is 11.8. The predicted molar refractivity (Wildman–Crippen MR) is 52.1 cm³/mol. The molecule has 0 unspecified atom stereocenters. The molecule has 5 heteroatoms. The van der Waals surface area contributed by atoms with Crippen LogP contribution in [0.5, 0.6) is 0 Å². The van der Waals surface area contributed by atoms with Gasteiger partial charge in [0.05, 0.1) is 15.9 Å². The van der Waals surface area contributed by atoms with Crippen molar-refractivity contribution in [1.82, 2.24) is 15.0 Å². The zero-order chi connectivity index (χ0) is 9.42. The fourth-order valence-corrected chi connectivity index (χ4v) is 1.54. The van der Waals surface area contributed by atoms with Crippen LogP contribution in [0.4, 0.5) is 0 Å². The number of fused-ring (bicyclic) bond motifs is 1. The third kappa shape index (κ3) is 1.45. The second-order valence-electron chi connectivity index (χ2n) is 2.58. The molecule has 66 valence electrons. The van der Waals surface area contributed by atoms with Crippen LogP contribution in [0.25, 0.3) is 10.9 Å². The topological polar surface area (TPSA) is 38.7 Å². The lowest BCUT2D eigenvalue weighted by Gasteiger charge is -2.01. The molecule has 0 N–H and O–H groups in total. The van der Waals surface area contributed by atoms with E-state index in [9.17, 15) is 0 Å². The van der Waals surface area contributed by atoms with Gasteiger partial charge in [-0.15, -0.1) is 0 Å². The Morgan fingerprint density at radius 1 is 1.15 bits per heavy atom.